The van der Waals surface area contributed by atoms with E-state index in [9.17, 15) is 22.0 Å². The number of carbonyl (C=O) groups excluding carboxylic acids is 1. The number of benzene rings is 2. The molecule has 0 saturated carbocycles. The van der Waals surface area contributed by atoms with Gasteiger partial charge >= 0.3 is 6.03 Å². The average Bonchev–Trinajstić information content (AvgIpc) is 3.01. The smallest absolute Gasteiger partial charge is 0.308 e. The second-order valence-electron chi connectivity index (χ2n) is 5.27. The first-order chi connectivity index (χ1) is 12.3. The quantitative estimate of drug-likeness (QED) is 0.696. The van der Waals surface area contributed by atoms with Gasteiger partial charge in [0, 0.05) is 11.8 Å². The number of fused-ring (bicyclic) bond motifs is 1. The molecule has 0 spiro atoms. The van der Waals surface area contributed by atoms with Crippen molar-refractivity contribution >= 4 is 48.8 Å². The van der Waals surface area contributed by atoms with Crippen molar-refractivity contribution in [2.75, 3.05) is 16.4 Å². The summed E-state index contributed by atoms with van der Waals surface area (Å²) in [5, 5.41) is 4.78. The molecule has 1 heterocycles. The lowest BCUT2D eigenvalue weighted by atomic mass is 10.3. The molecule has 2 aromatic carbocycles. The Bertz CT molecular complexity index is 1100. The van der Waals surface area contributed by atoms with Crippen molar-refractivity contribution in [3.63, 3.8) is 0 Å². The van der Waals surface area contributed by atoms with Gasteiger partial charge < -0.3 is 10.6 Å². The molecule has 0 radical (unpaired) electrons. The van der Waals surface area contributed by atoms with Gasteiger partial charge in [-0.05, 0) is 30.3 Å². The topological polar surface area (TPSA) is 88.2 Å². The minimum Gasteiger partial charge on any atom is -0.308 e. The number of sulfone groups is 1. The molecule has 26 heavy (non-hydrogen) atoms. The fourth-order valence-electron chi connectivity index (χ4n) is 2.11. The largest absolute Gasteiger partial charge is 0.323 e. The Labute approximate surface area is 151 Å². The van der Waals surface area contributed by atoms with E-state index in [1.165, 1.54) is 6.92 Å². The number of anilines is 2. The predicted molar refractivity (Wildman–Crippen MR) is 96.3 cm³/mol. The molecule has 0 atom stereocenters. The van der Waals surface area contributed by atoms with E-state index in [1.807, 2.05) is 0 Å². The van der Waals surface area contributed by atoms with Crippen molar-refractivity contribution in [1.82, 2.24) is 4.98 Å². The molecular weight excluding hydrogens is 384 g/mol. The fraction of sp³-hybridized carbons (Fsp3) is 0.125. The van der Waals surface area contributed by atoms with Gasteiger partial charge in [-0.1, -0.05) is 6.92 Å². The Morgan fingerprint density at radius 3 is 2.62 bits per heavy atom. The van der Waals surface area contributed by atoms with E-state index < -0.39 is 27.5 Å². The fourth-order valence-corrected chi connectivity index (χ4v) is 4.46. The van der Waals surface area contributed by atoms with Crippen molar-refractivity contribution in [3.05, 3.63) is 48.0 Å². The molecule has 0 aliphatic heterocycles. The summed E-state index contributed by atoms with van der Waals surface area (Å²) in [6.07, 6.45) is 0. The van der Waals surface area contributed by atoms with E-state index >= 15 is 0 Å². The summed E-state index contributed by atoms with van der Waals surface area (Å²) < 4.78 is 50.8. The summed E-state index contributed by atoms with van der Waals surface area (Å²) in [4.78, 5) is 16.1. The number of nitrogens with one attached hydrogen (secondary N) is 2. The van der Waals surface area contributed by atoms with E-state index in [1.54, 1.807) is 18.2 Å². The van der Waals surface area contributed by atoms with Crippen molar-refractivity contribution in [1.29, 1.82) is 0 Å². The van der Waals surface area contributed by atoms with Gasteiger partial charge in [-0.15, -0.1) is 11.3 Å². The third kappa shape index (κ3) is 3.81. The zero-order valence-corrected chi connectivity index (χ0v) is 15.0. The SMILES string of the molecule is CCS(=O)(=O)c1nc2ccc(NC(=O)Nc3ccc(F)cc3F)cc2s1. The molecule has 3 rings (SSSR count). The summed E-state index contributed by atoms with van der Waals surface area (Å²) in [6, 6.07) is 6.77. The Morgan fingerprint density at radius 1 is 1.15 bits per heavy atom. The molecule has 2 N–H and O–H groups in total. The summed E-state index contributed by atoms with van der Waals surface area (Å²) >= 11 is 1.01. The van der Waals surface area contributed by atoms with Crippen LogP contribution in [0, 0.1) is 11.6 Å². The van der Waals surface area contributed by atoms with E-state index in [2.05, 4.69) is 15.6 Å². The lowest BCUT2D eigenvalue weighted by Crippen LogP contribution is -2.20. The number of halogens is 2. The third-order valence-electron chi connectivity index (χ3n) is 3.45. The van der Waals surface area contributed by atoms with Gasteiger partial charge in [-0.3, -0.25) is 0 Å². The molecule has 0 fully saturated rings. The standard InChI is InChI=1S/C16H13F2N3O3S2/c1-2-26(23,24)16-21-13-6-4-10(8-14(13)25-16)19-15(22)20-12-5-3-9(17)7-11(12)18/h3-8H,2H2,1H3,(H2,19,20,22). The lowest BCUT2D eigenvalue weighted by Gasteiger charge is -2.08. The van der Waals surface area contributed by atoms with Gasteiger partial charge in [-0.25, -0.2) is 27.0 Å². The molecular formula is C16H13F2N3O3S2. The highest BCUT2D eigenvalue weighted by molar-refractivity contribution is 7.93. The van der Waals surface area contributed by atoms with Crippen LogP contribution >= 0.6 is 11.3 Å². The van der Waals surface area contributed by atoms with Gasteiger partial charge in [0.2, 0.25) is 14.2 Å². The van der Waals surface area contributed by atoms with Crippen LogP contribution in [0.3, 0.4) is 0 Å². The molecule has 0 unspecified atom stereocenters. The Kier molecular flexibility index (Phi) is 4.88. The molecule has 0 aliphatic carbocycles. The van der Waals surface area contributed by atoms with Crippen LogP contribution in [-0.2, 0) is 9.84 Å². The average molecular weight is 397 g/mol. The molecule has 10 heteroatoms. The van der Waals surface area contributed by atoms with Crippen molar-refractivity contribution in [2.45, 2.75) is 11.3 Å². The van der Waals surface area contributed by atoms with Crippen molar-refractivity contribution < 1.29 is 22.0 Å². The zero-order chi connectivity index (χ0) is 18.9. The van der Waals surface area contributed by atoms with Crippen LogP contribution in [0.25, 0.3) is 10.2 Å². The second kappa shape index (κ2) is 6.96. The van der Waals surface area contributed by atoms with Gasteiger partial charge in [-0.2, -0.15) is 0 Å². The number of thiazole rings is 1. The van der Waals surface area contributed by atoms with Crippen molar-refractivity contribution in [2.24, 2.45) is 0 Å². The molecule has 0 aliphatic rings. The number of hydrogen-bond donors (Lipinski definition) is 2. The highest BCUT2D eigenvalue weighted by Crippen LogP contribution is 2.28. The highest BCUT2D eigenvalue weighted by Gasteiger charge is 2.17. The lowest BCUT2D eigenvalue weighted by molar-refractivity contribution is 0.262. The number of hydrogen-bond acceptors (Lipinski definition) is 5. The predicted octanol–water partition coefficient (Wildman–Crippen LogP) is 4.01. The summed E-state index contributed by atoms with van der Waals surface area (Å²) in [7, 11) is -3.41. The Morgan fingerprint density at radius 2 is 1.92 bits per heavy atom. The molecule has 3 aromatic rings. The minimum absolute atomic E-state index is 0.0185. The number of aromatic nitrogens is 1. The van der Waals surface area contributed by atoms with Gasteiger partial charge in [0.05, 0.1) is 21.7 Å². The number of amides is 2. The first-order valence-corrected chi connectivity index (χ1v) is 9.92. The second-order valence-corrected chi connectivity index (χ2v) is 8.75. The maximum Gasteiger partial charge on any atom is 0.323 e. The number of carbonyl (C=O) groups is 1. The first kappa shape index (κ1) is 18.2. The van der Waals surface area contributed by atoms with Crippen LogP contribution in [0.5, 0.6) is 0 Å². The number of nitrogens with zero attached hydrogens (tertiary/aromatic N) is 1. The minimum atomic E-state index is -3.41. The highest BCUT2D eigenvalue weighted by atomic mass is 32.2. The van der Waals surface area contributed by atoms with Gasteiger partial charge in [0.1, 0.15) is 11.6 Å². The summed E-state index contributed by atoms with van der Waals surface area (Å²) in [5.74, 6) is -1.70. The van der Waals surface area contributed by atoms with E-state index in [0.29, 0.717) is 22.0 Å². The number of rotatable bonds is 4. The van der Waals surface area contributed by atoms with Crippen LogP contribution in [-0.4, -0.2) is 25.2 Å². The molecule has 2 amide bonds. The van der Waals surface area contributed by atoms with Gasteiger partial charge in [0.25, 0.3) is 0 Å². The molecule has 6 nitrogen and oxygen atoms in total. The zero-order valence-electron chi connectivity index (χ0n) is 13.4. The van der Waals surface area contributed by atoms with E-state index in [-0.39, 0.29) is 15.8 Å². The van der Waals surface area contributed by atoms with E-state index in [4.69, 9.17) is 0 Å². The van der Waals surface area contributed by atoms with E-state index in [0.717, 1.165) is 23.5 Å². The number of urea groups is 1. The third-order valence-corrected chi connectivity index (χ3v) is 6.66. The molecule has 0 bridgehead atoms. The summed E-state index contributed by atoms with van der Waals surface area (Å²) in [5.41, 5.74) is 0.707. The molecule has 1 aromatic heterocycles. The van der Waals surface area contributed by atoms with Crippen LogP contribution in [0.4, 0.5) is 25.0 Å². The van der Waals surface area contributed by atoms with Crippen molar-refractivity contribution in [3.8, 4) is 0 Å². The van der Waals surface area contributed by atoms with Crippen LogP contribution in [0.15, 0.2) is 40.7 Å². The monoisotopic (exact) mass is 397 g/mol. The normalized spacial score (nSPS) is 11.5. The van der Waals surface area contributed by atoms with Crippen LogP contribution < -0.4 is 10.6 Å². The van der Waals surface area contributed by atoms with Crippen LogP contribution in [0.1, 0.15) is 6.92 Å². The Balaban J connectivity index is 1.79. The maximum absolute atomic E-state index is 13.6. The Hall–Kier alpha value is -2.59. The summed E-state index contributed by atoms with van der Waals surface area (Å²) in [6.45, 7) is 1.54. The van der Waals surface area contributed by atoms with Crippen LogP contribution in [0.2, 0.25) is 0 Å². The first-order valence-electron chi connectivity index (χ1n) is 7.45. The maximum atomic E-state index is 13.6. The molecule has 136 valence electrons. The molecule has 0 saturated heterocycles. The van der Waals surface area contributed by atoms with Gasteiger partial charge in [0.15, 0.2) is 0 Å².